The Labute approximate surface area is 121 Å². The molecule has 108 valence electrons. The molecule has 4 nitrogen and oxygen atoms in total. The van der Waals surface area contributed by atoms with Crippen LogP contribution in [0.3, 0.4) is 0 Å². The number of nitrogens with one attached hydrogen (secondary N) is 1. The Balaban J connectivity index is 2.13. The smallest absolute Gasteiger partial charge is 0.138 e. The zero-order valence-corrected chi connectivity index (χ0v) is 12.5. The first-order chi connectivity index (χ1) is 9.09. The molecule has 0 aromatic heterocycles. The third-order valence-electron chi connectivity index (χ3n) is 2.43. The highest BCUT2D eigenvalue weighted by Gasteiger charge is 2.06. The summed E-state index contributed by atoms with van der Waals surface area (Å²) in [5.41, 5.74) is 0. The number of para-hydroxylation sites is 1. The van der Waals surface area contributed by atoms with Crippen LogP contribution in [0.25, 0.3) is 0 Å². The second-order valence-corrected chi connectivity index (χ2v) is 6.19. The fraction of sp³-hybridized carbons (Fsp3) is 0.538. The molecule has 6 heteroatoms. The second-order valence-electron chi connectivity index (χ2n) is 4.23. The standard InChI is InChI=1S/C13H20ClNO3S/c1-19(17)8-4-7-15-9-11(16)10-18-13-6-3-2-5-12(13)14/h2-3,5-6,11,15-16H,4,7-10H2,1H3. The van der Waals surface area contributed by atoms with E-state index in [0.717, 1.165) is 13.0 Å². The Morgan fingerprint density at radius 1 is 1.47 bits per heavy atom. The van der Waals surface area contributed by atoms with E-state index in [4.69, 9.17) is 16.3 Å². The van der Waals surface area contributed by atoms with Crippen LogP contribution < -0.4 is 10.1 Å². The number of aliphatic hydroxyl groups is 1. The molecule has 1 aromatic carbocycles. The summed E-state index contributed by atoms with van der Waals surface area (Å²) in [7, 11) is -0.753. The molecule has 0 radical (unpaired) electrons. The number of rotatable bonds is 9. The largest absolute Gasteiger partial charge is 0.489 e. The highest BCUT2D eigenvalue weighted by molar-refractivity contribution is 7.84. The predicted octanol–water partition coefficient (Wildman–Crippen LogP) is 1.44. The van der Waals surface area contributed by atoms with Crippen molar-refractivity contribution in [1.82, 2.24) is 5.32 Å². The summed E-state index contributed by atoms with van der Waals surface area (Å²) in [4.78, 5) is 0. The summed E-state index contributed by atoms with van der Waals surface area (Å²) >= 11 is 5.93. The molecule has 1 rings (SSSR count). The van der Waals surface area contributed by atoms with Crippen molar-refractivity contribution in [3.63, 3.8) is 0 Å². The zero-order valence-electron chi connectivity index (χ0n) is 11.0. The van der Waals surface area contributed by atoms with Gasteiger partial charge in [-0.2, -0.15) is 0 Å². The third kappa shape index (κ3) is 7.52. The van der Waals surface area contributed by atoms with Gasteiger partial charge in [0.15, 0.2) is 0 Å². The molecule has 0 spiro atoms. The van der Waals surface area contributed by atoms with Crippen LogP contribution in [-0.2, 0) is 10.8 Å². The second kappa shape index (κ2) is 9.31. The van der Waals surface area contributed by atoms with E-state index in [1.807, 2.05) is 12.1 Å². The first-order valence-corrected chi connectivity index (χ1v) is 8.26. The molecule has 2 atom stereocenters. The summed E-state index contributed by atoms with van der Waals surface area (Å²) in [5.74, 6) is 1.25. The van der Waals surface area contributed by atoms with Crippen molar-refractivity contribution in [2.75, 3.05) is 31.7 Å². The lowest BCUT2D eigenvalue weighted by Crippen LogP contribution is -2.32. The number of hydrogen-bond donors (Lipinski definition) is 2. The lowest BCUT2D eigenvalue weighted by Gasteiger charge is -2.13. The molecule has 0 amide bonds. The van der Waals surface area contributed by atoms with Gasteiger partial charge < -0.3 is 15.2 Å². The molecule has 2 unspecified atom stereocenters. The van der Waals surface area contributed by atoms with Gasteiger partial charge in [-0.3, -0.25) is 4.21 Å². The Kier molecular flexibility index (Phi) is 8.05. The topological polar surface area (TPSA) is 58.6 Å². The van der Waals surface area contributed by atoms with Crippen molar-refractivity contribution in [2.45, 2.75) is 12.5 Å². The average Bonchev–Trinajstić information content (AvgIpc) is 2.37. The fourth-order valence-corrected chi connectivity index (χ4v) is 2.22. The molecule has 0 aliphatic heterocycles. The van der Waals surface area contributed by atoms with Crippen molar-refractivity contribution in [2.24, 2.45) is 0 Å². The average molecular weight is 306 g/mol. The monoisotopic (exact) mass is 305 g/mol. The van der Waals surface area contributed by atoms with Crippen LogP contribution in [0.1, 0.15) is 6.42 Å². The number of ether oxygens (including phenoxy) is 1. The van der Waals surface area contributed by atoms with E-state index >= 15 is 0 Å². The van der Waals surface area contributed by atoms with E-state index in [1.54, 1.807) is 18.4 Å². The molecule has 0 saturated carbocycles. The van der Waals surface area contributed by atoms with E-state index in [0.29, 0.717) is 23.1 Å². The Morgan fingerprint density at radius 2 is 2.21 bits per heavy atom. The molecule has 0 fully saturated rings. The maximum Gasteiger partial charge on any atom is 0.138 e. The zero-order chi connectivity index (χ0) is 14.1. The van der Waals surface area contributed by atoms with Gasteiger partial charge in [0.1, 0.15) is 18.5 Å². The number of benzene rings is 1. The number of aliphatic hydroxyl groups excluding tert-OH is 1. The summed E-state index contributed by atoms with van der Waals surface area (Å²) in [6, 6.07) is 7.16. The molecule has 2 N–H and O–H groups in total. The van der Waals surface area contributed by atoms with Crippen molar-refractivity contribution in [3.05, 3.63) is 29.3 Å². The Morgan fingerprint density at radius 3 is 2.89 bits per heavy atom. The van der Waals surface area contributed by atoms with Crippen LogP contribution in [-0.4, -0.2) is 47.1 Å². The maximum atomic E-state index is 10.8. The lowest BCUT2D eigenvalue weighted by molar-refractivity contribution is 0.106. The number of hydrogen-bond acceptors (Lipinski definition) is 4. The van der Waals surface area contributed by atoms with Crippen molar-refractivity contribution in [3.8, 4) is 5.75 Å². The predicted molar refractivity (Wildman–Crippen MR) is 79.4 cm³/mol. The van der Waals surface area contributed by atoms with Crippen molar-refractivity contribution >= 4 is 22.4 Å². The fourth-order valence-electron chi connectivity index (χ4n) is 1.48. The minimum atomic E-state index is -0.753. The van der Waals surface area contributed by atoms with Crippen LogP contribution in [0, 0.1) is 0 Å². The van der Waals surface area contributed by atoms with Crippen LogP contribution >= 0.6 is 11.6 Å². The van der Waals surface area contributed by atoms with Crippen molar-refractivity contribution in [1.29, 1.82) is 0 Å². The summed E-state index contributed by atoms with van der Waals surface area (Å²) in [6.45, 7) is 1.37. The summed E-state index contributed by atoms with van der Waals surface area (Å²) in [5, 5.41) is 13.3. The van der Waals surface area contributed by atoms with E-state index in [2.05, 4.69) is 5.32 Å². The van der Waals surface area contributed by atoms with Crippen LogP contribution in [0.15, 0.2) is 24.3 Å². The summed E-state index contributed by atoms with van der Waals surface area (Å²) < 4.78 is 16.3. The minimum absolute atomic E-state index is 0.191. The molecule has 0 aliphatic carbocycles. The van der Waals surface area contributed by atoms with Gasteiger partial charge in [0.05, 0.1) is 5.02 Å². The van der Waals surface area contributed by atoms with Crippen LogP contribution in [0.2, 0.25) is 5.02 Å². The summed E-state index contributed by atoms with van der Waals surface area (Å²) in [6.07, 6.45) is 1.93. The van der Waals surface area contributed by atoms with Gasteiger partial charge in [-0.15, -0.1) is 0 Å². The van der Waals surface area contributed by atoms with Crippen molar-refractivity contribution < 1.29 is 14.1 Å². The van der Waals surface area contributed by atoms with Gasteiger partial charge in [-0.05, 0) is 25.1 Å². The molecule has 0 bridgehead atoms. The first-order valence-electron chi connectivity index (χ1n) is 6.15. The van der Waals surface area contributed by atoms with Crippen LogP contribution in [0.4, 0.5) is 0 Å². The van der Waals surface area contributed by atoms with Gasteiger partial charge >= 0.3 is 0 Å². The minimum Gasteiger partial charge on any atom is -0.489 e. The molecular formula is C13H20ClNO3S. The van der Waals surface area contributed by atoms with E-state index < -0.39 is 16.9 Å². The van der Waals surface area contributed by atoms with Gasteiger partial charge in [0.25, 0.3) is 0 Å². The molecule has 0 saturated heterocycles. The molecule has 0 aliphatic rings. The first kappa shape index (κ1) is 16.4. The third-order valence-corrected chi connectivity index (χ3v) is 3.61. The van der Waals surface area contributed by atoms with Gasteiger partial charge in [0, 0.05) is 29.4 Å². The maximum absolute atomic E-state index is 10.8. The molecule has 19 heavy (non-hydrogen) atoms. The van der Waals surface area contributed by atoms with Gasteiger partial charge in [-0.1, -0.05) is 23.7 Å². The van der Waals surface area contributed by atoms with Gasteiger partial charge in [-0.25, -0.2) is 0 Å². The van der Waals surface area contributed by atoms with Gasteiger partial charge in [0.2, 0.25) is 0 Å². The molecule has 0 heterocycles. The SMILES string of the molecule is CS(=O)CCCNCC(O)COc1ccccc1Cl. The highest BCUT2D eigenvalue weighted by Crippen LogP contribution is 2.22. The van der Waals surface area contributed by atoms with E-state index in [-0.39, 0.29) is 6.61 Å². The number of halogens is 1. The van der Waals surface area contributed by atoms with Crippen LogP contribution in [0.5, 0.6) is 5.75 Å². The lowest BCUT2D eigenvalue weighted by atomic mass is 10.3. The Hall–Kier alpha value is -0.620. The Bertz CT molecular complexity index is 403. The quantitative estimate of drug-likeness (QED) is 0.678. The van der Waals surface area contributed by atoms with E-state index in [9.17, 15) is 9.32 Å². The van der Waals surface area contributed by atoms with E-state index in [1.165, 1.54) is 0 Å². The normalized spacial score (nSPS) is 14.1. The molecule has 1 aromatic rings. The molecular weight excluding hydrogens is 286 g/mol. The highest BCUT2D eigenvalue weighted by atomic mass is 35.5.